The summed E-state index contributed by atoms with van der Waals surface area (Å²) in [6.45, 7) is 3.78. The molecule has 0 aromatic heterocycles. The van der Waals surface area contributed by atoms with Crippen molar-refractivity contribution in [3.63, 3.8) is 0 Å². The molecule has 88 valence electrons. The van der Waals surface area contributed by atoms with Gasteiger partial charge in [0.15, 0.2) is 11.6 Å². The number of benzene rings is 1. The zero-order chi connectivity index (χ0) is 11.6. The van der Waals surface area contributed by atoms with Crippen LogP contribution in [-0.2, 0) is 0 Å². The molecule has 2 rings (SSSR count). The summed E-state index contributed by atoms with van der Waals surface area (Å²) in [4.78, 5) is 0. The lowest BCUT2D eigenvalue weighted by Gasteiger charge is -2.35. The van der Waals surface area contributed by atoms with Crippen LogP contribution in [0.4, 0.5) is 4.39 Å². The van der Waals surface area contributed by atoms with Crippen molar-refractivity contribution in [1.29, 1.82) is 0 Å². The fourth-order valence-corrected chi connectivity index (χ4v) is 2.09. The number of hydrogen-bond acceptors (Lipinski definition) is 2. The van der Waals surface area contributed by atoms with Crippen molar-refractivity contribution >= 4 is 11.6 Å². The molecule has 1 fully saturated rings. The molecule has 0 spiro atoms. The summed E-state index contributed by atoms with van der Waals surface area (Å²) >= 11 is 5.93. The van der Waals surface area contributed by atoms with Gasteiger partial charge < -0.3 is 10.1 Å². The number of rotatable bonds is 2. The maximum absolute atomic E-state index is 13.6. The van der Waals surface area contributed by atoms with Gasteiger partial charge in [-0.25, -0.2) is 4.39 Å². The van der Waals surface area contributed by atoms with Gasteiger partial charge >= 0.3 is 0 Å². The van der Waals surface area contributed by atoms with E-state index in [0.29, 0.717) is 5.02 Å². The van der Waals surface area contributed by atoms with Crippen LogP contribution < -0.4 is 10.1 Å². The van der Waals surface area contributed by atoms with Gasteiger partial charge in [-0.2, -0.15) is 0 Å². The highest BCUT2D eigenvalue weighted by molar-refractivity contribution is 6.32. The Morgan fingerprint density at radius 2 is 2.06 bits per heavy atom. The van der Waals surface area contributed by atoms with Crippen molar-refractivity contribution in [2.75, 3.05) is 13.1 Å². The van der Waals surface area contributed by atoms with Gasteiger partial charge in [0, 0.05) is 0 Å². The first-order chi connectivity index (χ1) is 7.61. The second-order valence-corrected chi connectivity index (χ2v) is 4.76. The average molecular weight is 244 g/mol. The second kappa shape index (κ2) is 4.60. The summed E-state index contributed by atoms with van der Waals surface area (Å²) in [6.07, 6.45) is 1.72. The smallest absolute Gasteiger partial charge is 0.174 e. The number of para-hydroxylation sites is 1. The largest absolute Gasteiger partial charge is 0.483 e. The number of halogens is 2. The molecule has 1 aliphatic rings. The van der Waals surface area contributed by atoms with E-state index >= 15 is 0 Å². The van der Waals surface area contributed by atoms with Crippen LogP contribution in [0.25, 0.3) is 0 Å². The van der Waals surface area contributed by atoms with E-state index in [2.05, 4.69) is 5.32 Å². The molecular formula is C12H15ClFNO. The molecule has 1 N–H and O–H groups in total. The van der Waals surface area contributed by atoms with E-state index in [1.165, 1.54) is 6.07 Å². The quantitative estimate of drug-likeness (QED) is 0.862. The van der Waals surface area contributed by atoms with E-state index in [1.807, 2.05) is 6.92 Å². The van der Waals surface area contributed by atoms with Crippen LogP contribution in [0.15, 0.2) is 18.2 Å². The summed E-state index contributed by atoms with van der Waals surface area (Å²) in [5.41, 5.74) is -0.322. The first-order valence-electron chi connectivity index (χ1n) is 5.44. The maximum atomic E-state index is 13.6. The van der Waals surface area contributed by atoms with Gasteiger partial charge in [-0.3, -0.25) is 0 Å². The number of ether oxygens (including phenoxy) is 1. The third-order valence-electron chi connectivity index (χ3n) is 2.93. The van der Waals surface area contributed by atoms with Gasteiger partial charge in [-0.05, 0) is 45.0 Å². The Kier molecular flexibility index (Phi) is 3.36. The molecule has 2 nitrogen and oxygen atoms in total. The molecule has 4 heteroatoms. The van der Waals surface area contributed by atoms with Crippen molar-refractivity contribution in [1.82, 2.24) is 5.32 Å². The summed E-state index contributed by atoms with van der Waals surface area (Å²) in [5.74, 6) is -0.221. The molecule has 1 aromatic rings. The fourth-order valence-electron chi connectivity index (χ4n) is 1.88. The standard InChI is InChI=1S/C12H15ClFNO/c1-12(5-7-15-8-6-12)16-11-9(13)3-2-4-10(11)14/h2-4,15H,5-8H2,1H3. The van der Waals surface area contributed by atoms with E-state index in [9.17, 15) is 4.39 Å². The summed E-state index contributed by atoms with van der Waals surface area (Å²) in [7, 11) is 0. The van der Waals surface area contributed by atoms with Crippen molar-refractivity contribution < 1.29 is 9.13 Å². The molecule has 0 unspecified atom stereocenters. The van der Waals surface area contributed by atoms with E-state index in [4.69, 9.17) is 16.3 Å². The van der Waals surface area contributed by atoms with E-state index in [0.717, 1.165) is 25.9 Å². The van der Waals surface area contributed by atoms with E-state index in [-0.39, 0.29) is 11.4 Å². The van der Waals surface area contributed by atoms with Crippen molar-refractivity contribution in [3.8, 4) is 5.75 Å². The molecule has 1 heterocycles. The molecule has 1 aliphatic heterocycles. The minimum atomic E-state index is -0.396. The van der Waals surface area contributed by atoms with E-state index in [1.54, 1.807) is 12.1 Å². The normalized spacial score (nSPS) is 19.4. The Hall–Kier alpha value is -0.800. The lowest BCUT2D eigenvalue weighted by Crippen LogP contribution is -2.44. The molecule has 0 bridgehead atoms. The molecular weight excluding hydrogens is 229 g/mol. The highest BCUT2D eigenvalue weighted by atomic mass is 35.5. The van der Waals surface area contributed by atoms with Crippen LogP contribution in [0.5, 0.6) is 5.75 Å². The second-order valence-electron chi connectivity index (χ2n) is 4.35. The van der Waals surface area contributed by atoms with Crippen LogP contribution in [0.3, 0.4) is 0 Å². The molecule has 1 saturated heterocycles. The Labute approximate surface area is 99.7 Å². The number of hydrogen-bond donors (Lipinski definition) is 1. The predicted octanol–water partition coefficient (Wildman–Crippen LogP) is 3.00. The molecule has 0 amide bonds. The van der Waals surface area contributed by atoms with Gasteiger partial charge in [-0.15, -0.1) is 0 Å². The minimum absolute atomic E-state index is 0.175. The molecule has 1 aromatic carbocycles. The molecule has 0 aliphatic carbocycles. The topological polar surface area (TPSA) is 21.3 Å². The fraction of sp³-hybridized carbons (Fsp3) is 0.500. The van der Waals surface area contributed by atoms with Gasteiger partial charge in [0.25, 0.3) is 0 Å². The minimum Gasteiger partial charge on any atom is -0.483 e. The Morgan fingerprint density at radius 1 is 1.38 bits per heavy atom. The Morgan fingerprint density at radius 3 is 2.69 bits per heavy atom. The predicted molar refractivity (Wildman–Crippen MR) is 62.5 cm³/mol. The first-order valence-corrected chi connectivity index (χ1v) is 5.82. The van der Waals surface area contributed by atoms with Crippen molar-refractivity contribution in [2.24, 2.45) is 0 Å². The zero-order valence-corrected chi connectivity index (χ0v) is 9.98. The van der Waals surface area contributed by atoms with Crippen LogP contribution in [0.2, 0.25) is 5.02 Å². The molecule has 0 radical (unpaired) electrons. The highest BCUT2D eigenvalue weighted by Crippen LogP contribution is 2.33. The first kappa shape index (κ1) is 11.7. The molecule has 0 atom stereocenters. The average Bonchev–Trinajstić information content (AvgIpc) is 2.25. The van der Waals surface area contributed by atoms with Crippen molar-refractivity contribution in [2.45, 2.75) is 25.4 Å². The Bertz CT molecular complexity index is 357. The highest BCUT2D eigenvalue weighted by Gasteiger charge is 2.30. The summed E-state index contributed by atoms with van der Waals surface area (Å²) in [6, 6.07) is 4.59. The third kappa shape index (κ3) is 2.47. The summed E-state index contributed by atoms with van der Waals surface area (Å²) < 4.78 is 19.3. The number of nitrogens with one attached hydrogen (secondary N) is 1. The maximum Gasteiger partial charge on any atom is 0.174 e. The van der Waals surface area contributed by atoms with E-state index < -0.39 is 5.82 Å². The van der Waals surface area contributed by atoms with Gasteiger partial charge in [0.2, 0.25) is 0 Å². The van der Waals surface area contributed by atoms with Gasteiger partial charge in [-0.1, -0.05) is 17.7 Å². The monoisotopic (exact) mass is 243 g/mol. The van der Waals surface area contributed by atoms with Crippen LogP contribution in [0, 0.1) is 5.82 Å². The SMILES string of the molecule is CC1(Oc2c(F)cccc2Cl)CCNCC1. The van der Waals surface area contributed by atoms with Crippen LogP contribution in [0.1, 0.15) is 19.8 Å². The lowest BCUT2D eigenvalue weighted by atomic mass is 9.94. The number of piperidine rings is 1. The third-order valence-corrected chi connectivity index (χ3v) is 3.23. The molecule has 0 saturated carbocycles. The lowest BCUT2D eigenvalue weighted by molar-refractivity contribution is 0.0515. The Balaban J connectivity index is 2.19. The van der Waals surface area contributed by atoms with Crippen LogP contribution >= 0.6 is 11.6 Å². The van der Waals surface area contributed by atoms with Crippen molar-refractivity contribution in [3.05, 3.63) is 29.0 Å². The van der Waals surface area contributed by atoms with Crippen LogP contribution in [-0.4, -0.2) is 18.7 Å². The van der Waals surface area contributed by atoms with Gasteiger partial charge in [0.1, 0.15) is 5.60 Å². The van der Waals surface area contributed by atoms with Gasteiger partial charge in [0.05, 0.1) is 5.02 Å². The molecule has 16 heavy (non-hydrogen) atoms. The summed E-state index contributed by atoms with van der Waals surface area (Å²) in [5, 5.41) is 3.58. The zero-order valence-electron chi connectivity index (χ0n) is 9.22.